The normalized spacial score (nSPS) is 11.1. The van der Waals surface area contributed by atoms with Crippen LogP contribution >= 0.6 is 0 Å². The van der Waals surface area contributed by atoms with Gasteiger partial charge >= 0.3 is 6.36 Å². The van der Waals surface area contributed by atoms with Crippen molar-refractivity contribution in [2.45, 2.75) is 19.8 Å². The predicted octanol–water partition coefficient (Wildman–Crippen LogP) is 3.96. The first-order valence-electron chi connectivity index (χ1n) is 7.63. The first kappa shape index (κ1) is 18.6. The van der Waals surface area contributed by atoms with E-state index >= 15 is 0 Å². The van der Waals surface area contributed by atoms with Crippen molar-refractivity contribution >= 4 is 11.6 Å². The molecule has 0 heterocycles. The third-order valence-corrected chi connectivity index (χ3v) is 3.64. The van der Waals surface area contributed by atoms with E-state index in [2.05, 4.69) is 10.1 Å². The number of alkyl halides is 3. The van der Waals surface area contributed by atoms with Gasteiger partial charge in [0.05, 0.1) is 12.2 Å². The fraction of sp³-hybridized carbons (Fsp3) is 0.278. The number of anilines is 1. The predicted molar refractivity (Wildman–Crippen MR) is 89.3 cm³/mol. The van der Waals surface area contributed by atoms with Crippen LogP contribution in [0.4, 0.5) is 18.9 Å². The van der Waals surface area contributed by atoms with E-state index in [1.807, 2.05) is 31.2 Å². The summed E-state index contributed by atoms with van der Waals surface area (Å²) in [6, 6.07) is 13.3. The molecule has 0 aliphatic carbocycles. The Balaban J connectivity index is 1.97. The summed E-state index contributed by atoms with van der Waals surface area (Å²) in [4.78, 5) is 13.7. The van der Waals surface area contributed by atoms with Crippen molar-refractivity contribution in [2.24, 2.45) is 0 Å². The second-order valence-corrected chi connectivity index (χ2v) is 5.57. The van der Waals surface area contributed by atoms with Crippen molar-refractivity contribution in [3.05, 3.63) is 59.7 Å². The highest BCUT2D eigenvalue weighted by Crippen LogP contribution is 2.29. The molecule has 1 N–H and O–H groups in total. The molecule has 2 rings (SSSR count). The molecule has 0 aromatic heterocycles. The van der Waals surface area contributed by atoms with E-state index in [1.165, 1.54) is 23.1 Å². The Hall–Kier alpha value is -2.70. The molecule has 25 heavy (non-hydrogen) atoms. The second-order valence-electron chi connectivity index (χ2n) is 5.57. The highest BCUT2D eigenvalue weighted by molar-refractivity contribution is 5.81. The van der Waals surface area contributed by atoms with Crippen LogP contribution in [0.25, 0.3) is 0 Å². The van der Waals surface area contributed by atoms with E-state index in [9.17, 15) is 18.0 Å². The van der Waals surface area contributed by atoms with Crippen LogP contribution in [0.1, 0.15) is 11.1 Å². The molecule has 4 nitrogen and oxygen atoms in total. The topological polar surface area (TPSA) is 41.6 Å². The van der Waals surface area contributed by atoms with Crippen LogP contribution in [0.2, 0.25) is 0 Å². The average Bonchev–Trinajstić information content (AvgIpc) is 2.54. The summed E-state index contributed by atoms with van der Waals surface area (Å²) >= 11 is 0. The van der Waals surface area contributed by atoms with Crippen molar-refractivity contribution in [1.29, 1.82) is 0 Å². The summed E-state index contributed by atoms with van der Waals surface area (Å²) in [5, 5.41) is 2.70. The molecular weight excluding hydrogens is 333 g/mol. The van der Waals surface area contributed by atoms with E-state index in [-0.39, 0.29) is 23.9 Å². The number of hydrogen-bond acceptors (Lipinski definition) is 3. The maximum absolute atomic E-state index is 12.4. The Morgan fingerprint density at radius 2 is 1.76 bits per heavy atom. The number of rotatable bonds is 6. The van der Waals surface area contributed by atoms with E-state index in [1.54, 1.807) is 13.1 Å². The van der Waals surface area contributed by atoms with E-state index in [0.717, 1.165) is 11.1 Å². The number of ether oxygens (including phenoxy) is 1. The number of halogens is 3. The minimum Gasteiger partial charge on any atom is -0.404 e. The number of benzene rings is 2. The number of carbonyl (C=O) groups excluding carboxylic acids is 1. The van der Waals surface area contributed by atoms with Crippen molar-refractivity contribution in [2.75, 3.05) is 18.9 Å². The van der Waals surface area contributed by atoms with Gasteiger partial charge < -0.3 is 15.0 Å². The van der Waals surface area contributed by atoms with E-state index in [4.69, 9.17) is 0 Å². The number of para-hydroxylation sites is 2. The van der Waals surface area contributed by atoms with Gasteiger partial charge in [-0.1, -0.05) is 36.4 Å². The van der Waals surface area contributed by atoms with Gasteiger partial charge in [0.2, 0.25) is 5.91 Å². The number of nitrogens with zero attached hydrogens (tertiary/aromatic N) is 1. The quantitative estimate of drug-likeness (QED) is 0.855. The first-order valence-corrected chi connectivity index (χ1v) is 7.63. The maximum atomic E-state index is 12.4. The molecule has 134 valence electrons. The number of hydrogen-bond donors (Lipinski definition) is 1. The Morgan fingerprint density at radius 3 is 2.44 bits per heavy atom. The standard InChI is InChI=1S/C18H19F3N2O2/c1-13-7-3-4-8-14(13)12-23(2)17(24)11-22-15-9-5-6-10-16(15)25-18(19,20)21/h3-10,22H,11-12H2,1-2H3. The van der Waals surface area contributed by atoms with E-state index in [0.29, 0.717) is 6.54 Å². The zero-order chi connectivity index (χ0) is 18.4. The van der Waals surface area contributed by atoms with Crippen LogP contribution < -0.4 is 10.1 Å². The van der Waals surface area contributed by atoms with Crippen LogP contribution in [0, 0.1) is 6.92 Å². The van der Waals surface area contributed by atoms with Crippen molar-refractivity contribution in [3.8, 4) is 5.75 Å². The van der Waals surface area contributed by atoms with Crippen LogP contribution in [0.3, 0.4) is 0 Å². The average molecular weight is 352 g/mol. The van der Waals surface area contributed by atoms with E-state index < -0.39 is 6.36 Å². The maximum Gasteiger partial charge on any atom is 0.573 e. The molecule has 0 aliphatic rings. The summed E-state index contributed by atoms with van der Waals surface area (Å²) in [6.45, 7) is 2.24. The molecule has 0 aliphatic heterocycles. The molecule has 1 amide bonds. The molecule has 0 saturated carbocycles. The lowest BCUT2D eigenvalue weighted by atomic mass is 10.1. The molecule has 2 aromatic carbocycles. The highest BCUT2D eigenvalue weighted by atomic mass is 19.4. The first-order chi connectivity index (χ1) is 11.8. The fourth-order valence-electron chi connectivity index (χ4n) is 2.26. The summed E-state index contributed by atoms with van der Waals surface area (Å²) in [6.07, 6.45) is -4.79. The Labute approximate surface area is 144 Å². The lowest BCUT2D eigenvalue weighted by molar-refractivity contribution is -0.274. The van der Waals surface area contributed by atoms with Crippen LogP contribution in [0.15, 0.2) is 48.5 Å². The summed E-state index contributed by atoms with van der Waals surface area (Å²) < 4.78 is 41.2. The lowest BCUT2D eigenvalue weighted by Crippen LogP contribution is -2.32. The Morgan fingerprint density at radius 1 is 1.12 bits per heavy atom. The highest BCUT2D eigenvalue weighted by Gasteiger charge is 2.32. The van der Waals surface area contributed by atoms with Gasteiger partial charge in [-0.2, -0.15) is 0 Å². The molecule has 0 fully saturated rings. The summed E-state index contributed by atoms with van der Waals surface area (Å²) in [5.74, 6) is -0.616. The molecule has 0 unspecified atom stereocenters. The van der Waals surface area contributed by atoms with Gasteiger partial charge in [-0.15, -0.1) is 13.2 Å². The number of amides is 1. The molecule has 0 bridgehead atoms. The zero-order valence-corrected chi connectivity index (χ0v) is 13.9. The SMILES string of the molecule is Cc1ccccc1CN(C)C(=O)CNc1ccccc1OC(F)(F)F. The summed E-state index contributed by atoms with van der Waals surface area (Å²) in [7, 11) is 1.65. The number of carbonyl (C=O) groups is 1. The number of nitrogens with one attached hydrogen (secondary N) is 1. The Bertz CT molecular complexity index is 732. The van der Waals surface area contributed by atoms with Gasteiger partial charge in [-0.05, 0) is 30.2 Å². The largest absolute Gasteiger partial charge is 0.573 e. The van der Waals surface area contributed by atoms with Gasteiger partial charge in [0.25, 0.3) is 0 Å². The third-order valence-electron chi connectivity index (χ3n) is 3.64. The van der Waals surface area contributed by atoms with Crippen LogP contribution in [-0.2, 0) is 11.3 Å². The smallest absolute Gasteiger partial charge is 0.404 e. The zero-order valence-electron chi connectivity index (χ0n) is 13.9. The Kier molecular flexibility index (Phi) is 5.90. The molecule has 0 saturated heterocycles. The molecule has 7 heteroatoms. The van der Waals surface area contributed by atoms with Gasteiger partial charge in [0.1, 0.15) is 0 Å². The van der Waals surface area contributed by atoms with Gasteiger partial charge in [-0.3, -0.25) is 4.79 Å². The minimum atomic E-state index is -4.79. The lowest BCUT2D eigenvalue weighted by Gasteiger charge is -2.20. The molecule has 0 atom stereocenters. The molecular formula is C18H19F3N2O2. The van der Waals surface area contributed by atoms with Gasteiger partial charge in [0.15, 0.2) is 5.75 Å². The molecule has 0 spiro atoms. The van der Waals surface area contributed by atoms with Crippen molar-refractivity contribution in [3.63, 3.8) is 0 Å². The van der Waals surface area contributed by atoms with Crippen molar-refractivity contribution < 1.29 is 22.7 Å². The number of likely N-dealkylation sites (N-methyl/N-ethyl adjacent to an activating group) is 1. The molecule has 0 radical (unpaired) electrons. The summed E-state index contributed by atoms with van der Waals surface area (Å²) in [5.41, 5.74) is 2.19. The monoisotopic (exact) mass is 352 g/mol. The minimum absolute atomic E-state index is 0.109. The van der Waals surface area contributed by atoms with Gasteiger partial charge in [0, 0.05) is 13.6 Å². The van der Waals surface area contributed by atoms with Crippen molar-refractivity contribution in [1.82, 2.24) is 4.90 Å². The molecule has 2 aromatic rings. The second kappa shape index (κ2) is 7.92. The van der Waals surface area contributed by atoms with Gasteiger partial charge in [-0.25, -0.2) is 0 Å². The van der Waals surface area contributed by atoms with Crippen LogP contribution in [-0.4, -0.2) is 30.8 Å². The third kappa shape index (κ3) is 5.70. The number of aryl methyl sites for hydroxylation is 1. The fourth-order valence-corrected chi connectivity index (χ4v) is 2.26. The van der Waals surface area contributed by atoms with Crippen LogP contribution in [0.5, 0.6) is 5.75 Å².